The molecule has 2 fully saturated rings. The van der Waals surface area contributed by atoms with E-state index in [-0.39, 0.29) is 0 Å². The van der Waals surface area contributed by atoms with Crippen LogP contribution in [0.4, 0.5) is 20.3 Å². The molecule has 0 amide bonds. The Labute approximate surface area is 170 Å². The van der Waals surface area contributed by atoms with Gasteiger partial charge in [-0.25, -0.2) is 8.78 Å². The highest BCUT2D eigenvalue weighted by Crippen LogP contribution is 2.26. The summed E-state index contributed by atoms with van der Waals surface area (Å²) in [6, 6.07) is 4.15. The van der Waals surface area contributed by atoms with E-state index in [9.17, 15) is 8.78 Å². The van der Waals surface area contributed by atoms with Crippen molar-refractivity contribution in [1.29, 1.82) is 0 Å². The van der Waals surface area contributed by atoms with Gasteiger partial charge in [-0.05, 0) is 31.4 Å². The summed E-state index contributed by atoms with van der Waals surface area (Å²) in [5, 5.41) is 8.22. The lowest BCUT2D eigenvalue weighted by Crippen LogP contribution is -2.38. The lowest BCUT2D eigenvalue weighted by Gasteiger charge is -2.29. The minimum absolute atomic E-state index is 0.479. The van der Waals surface area contributed by atoms with Crippen LogP contribution in [-0.4, -0.2) is 55.7 Å². The molecule has 1 aromatic carbocycles. The van der Waals surface area contributed by atoms with Crippen LogP contribution in [0.2, 0.25) is 0 Å². The van der Waals surface area contributed by atoms with Gasteiger partial charge >= 0.3 is 0 Å². The van der Waals surface area contributed by atoms with Crippen LogP contribution in [0, 0.1) is 24.5 Å². The average molecular weight is 405 g/mol. The first kappa shape index (κ1) is 20.1. The van der Waals surface area contributed by atoms with Crippen molar-refractivity contribution in [1.82, 2.24) is 15.1 Å². The van der Waals surface area contributed by atoms with Gasteiger partial charge in [0.1, 0.15) is 5.82 Å². The largest absolute Gasteiger partial charge is 0.378 e. The quantitative estimate of drug-likeness (QED) is 0.800. The van der Waals surface area contributed by atoms with Crippen molar-refractivity contribution in [2.75, 3.05) is 55.7 Å². The van der Waals surface area contributed by atoms with E-state index in [1.165, 1.54) is 23.5 Å². The summed E-state index contributed by atoms with van der Waals surface area (Å²) in [5.74, 6) is 0.0703. The zero-order chi connectivity index (χ0) is 20.4. The highest BCUT2D eigenvalue weighted by molar-refractivity contribution is 5.50. The number of aryl methyl sites for hydroxylation is 2. The Morgan fingerprint density at radius 2 is 1.93 bits per heavy atom. The Morgan fingerprint density at radius 3 is 2.69 bits per heavy atom. The molecule has 1 N–H and O–H groups in total. The van der Waals surface area contributed by atoms with E-state index < -0.39 is 11.6 Å². The van der Waals surface area contributed by atoms with Gasteiger partial charge in [0.05, 0.1) is 18.9 Å². The Hall–Kier alpha value is -2.19. The fraction of sp³-hybridized carbons (Fsp3) is 0.571. The molecule has 1 atom stereocenters. The lowest BCUT2D eigenvalue weighted by molar-refractivity contribution is 0.122. The second-order valence-electron chi connectivity index (χ2n) is 7.94. The molecular formula is C21H29F2N5O. The topological polar surface area (TPSA) is 45.6 Å². The summed E-state index contributed by atoms with van der Waals surface area (Å²) >= 11 is 0. The molecule has 2 saturated heterocycles. The lowest BCUT2D eigenvalue weighted by atomic mass is 10.1. The van der Waals surface area contributed by atoms with Gasteiger partial charge in [-0.15, -0.1) is 0 Å². The molecule has 0 bridgehead atoms. The second kappa shape index (κ2) is 8.67. The summed E-state index contributed by atoms with van der Waals surface area (Å²) in [6.07, 6.45) is 1.04. The maximum absolute atomic E-state index is 13.5. The number of morpholine rings is 1. The van der Waals surface area contributed by atoms with Gasteiger partial charge in [-0.1, -0.05) is 0 Å². The molecule has 6 nitrogen and oxygen atoms in total. The third kappa shape index (κ3) is 4.38. The summed E-state index contributed by atoms with van der Waals surface area (Å²) < 4.78 is 34.1. The molecule has 4 rings (SSSR count). The van der Waals surface area contributed by atoms with Crippen LogP contribution >= 0.6 is 0 Å². The Bertz CT molecular complexity index is 850. The average Bonchev–Trinajstić information content (AvgIpc) is 3.29. The fourth-order valence-corrected chi connectivity index (χ4v) is 4.38. The zero-order valence-corrected chi connectivity index (χ0v) is 17.1. The molecule has 2 aliphatic heterocycles. The molecule has 1 unspecified atom stereocenters. The van der Waals surface area contributed by atoms with Gasteiger partial charge in [-0.3, -0.25) is 4.68 Å². The molecular weight excluding hydrogens is 376 g/mol. The van der Waals surface area contributed by atoms with Crippen LogP contribution in [0.25, 0.3) is 0 Å². The zero-order valence-electron chi connectivity index (χ0n) is 17.1. The number of halogens is 2. The van der Waals surface area contributed by atoms with Crippen molar-refractivity contribution in [3.63, 3.8) is 0 Å². The minimum atomic E-state index is -0.797. The Morgan fingerprint density at radius 1 is 1.14 bits per heavy atom. The van der Waals surface area contributed by atoms with E-state index in [4.69, 9.17) is 4.74 Å². The molecule has 158 valence electrons. The van der Waals surface area contributed by atoms with E-state index in [2.05, 4.69) is 27.1 Å². The monoisotopic (exact) mass is 405 g/mol. The van der Waals surface area contributed by atoms with Crippen molar-refractivity contribution in [2.45, 2.75) is 19.9 Å². The van der Waals surface area contributed by atoms with Crippen LogP contribution in [-0.2, 0) is 18.3 Å². The van der Waals surface area contributed by atoms with E-state index in [1.807, 2.05) is 11.7 Å². The van der Waals surface area contributed by atoms with Crippen molar-refractivity contribution >= 4 is 11.5 Å². The van der Waals surface area contributed by atoms with Crippen LogP contribution in [0.15, 0.2) is 18.2 Å². The molecule has 29 heavy (non-hydrogen) atoms. The first-order chi connectivity index (χ1) is 14.0. The summed E-state index contributed by atoms with van der Waals surface area (Å²) in [6.45, 7) is 8.70. The number of anilines is 2. The van der Waals surface area contributed by atoms with Crippen molar-refractivity contribution in [2.24, 2.45) is 13.0 Å². The molecule has 3 heterocycles. The summed E-state index contributed by atoms with van der Waals surface area (Å²) in [7, 11) is 2.00. The molecule has 0 saturated carbocycles. The van der Waals surface area contributed by atoms with Gasteiger partial charge in [0.25, 0.3) is 0 Å². The first-order valence-corrected chi connectivity index (χ1v) is 10.3. The van der Waals surface area contributed by atoms with Crippen LogP contribution in [0.1, 0.15) is 17.7 Å². The number of nitrogens with one attached hydrogen (secondary N) is 1. The van der Waals surface area contributed by atoms with Gasteiger partial charge in [0.2, 0.25) is 0 Å². The van der Waals surface area contributed by atoms with E-state index >= 15 is 0 Å². The smallest absolute Gasteiger partial charge is 0.160 e. The summed E-state index contributed by atoms with van der Waals surface area (Å²) in [5.41, 5.74) is 3.05. The Kier molecular flexibility index (Phi) is 6.01. The number of hydrogen-bond donors (Lipinski definition) is 1. The SMILES string of the molecule is Cc1nn(C)c(N2CCOCC2)c1CNCC1CCN(c2ccc(F)c(F)c2)C1. The third-order valence-corrected chi connectivity index (χ3v) is 5.91. The normalized spacial score (nSPS) is 19.9. The van der Waals surface area contributed by atoms with Gasteiger partial charge in [0.15, 0.2) is 11.6 Å². The number of ether oxygens (including phenoxy) is 1. The minimum Gasteiger partial charge on any atom is -0.378 e. The van der Waals surface area contributed by atoms with E-state index in [1.54, 1.807) is 6.07 Å². The highest BCUT2D eigenvalue weighted by Gasteiger charge is 2.25. The van der Waals surface area contributed by atoms with Crippen LogP contribution < -0.4 is 15.1 Å². The predicted molar refractivity (Wildman–Crippen MR) is 109 cm³/mol. The van der Waals surface area contributed by atoms with Crippen molar-refractivity contribution in [3.8, 4) is 0 Å². The van der Waals surface area contributed by atoms with E-state index in [0.717, 1.165) is 70.3 Å². The second-order valence-corrected chi connectivity index (χ2v) is 7.94. The Balaban J connectivity index is 1.33. The van der Waals surface area contributed by atoms with Crippen molar-refractivity contribution < 1.29 is 13.5 Å². The third-order valence-electron chi connectivity index (χ3n) is 5.91. The molecule has 0 radical (unpaired) electrons. The maximum Gasteiger partial charge on any atom is 0.160 e. The molecule has 0 aliphatic carbocycles. The molecule has 2 aromatic rings. The van der Waals surface area contributed by atoms with Crippen molar-refractivity contribution in [3.05, 3.63) is 41.1 Å². The number of rotatable bonds is 6. The fourth-order valence-electron chi connectivity index (χ4n) is 4.38. The molecule has 1 aromatic heterocycles. The maximum atomic E-state index is 13.5. The van der Waals surface area contributed by atoms with Gasteiger partial charge in [0, 0.05) is 63.6 Å². The van der Waals surface area contributed by atoms with Crippen LogP contribution in [0.3, 0.4) is 0 Å². The molecule has 0 spiro atoms. The standard InChI is InChI=1S/C21H29F2N5O/c1-15-18(21(26(2)25-15)27-7-9-29-10-8-27)13-24-12-16-5-6-28(14-16)17-3-4-19(22)20(23)11-17/h3-4,11,16,24H,5-10,12-14H2,1-2H3. The molecule has 2 aliphatic rings. The summed E-state index contributed by atoms with van der Waals surface area (Å²) in [4.78, 5) is 4.48. The first-order valence-electron chi connectivity index (χ1n) is 10.3. The number of nitrogens with zero attached hydrogens (tertiary/aromatic N) is 4. The van der Waals surface area contributed by atoms with Crippen LogP contribution in [0.5, 0.6) is 0 Å². The number of benzene rings is 1. The highest BCUT2D eigenvalue weighted by atomic mass is 19.2. The predicted octanol–water partition coefficient (Wildman–Crippen LogP) is 2.46. The van der Waals surface area contributed by atoms with Gasteiger partial charge in [-0.2, -0.15) is 5.10 Å². The molecule has 8 heteroatoms. The van der Waals surface area contributed by atoms with E-state index in [0.29, 0.717) is 5.92 Å². The number of hydrogen-bond acceptors (Lipinski definition) is 5. The number of aromatic nitrogens is 2. The van der Waals surface area contributed by atoms with Gasteiger partial charge < -0.3 is 19.9 Å².